The van der Waals surface area contributed by atoms with Crippen LogP contribution in [0.3, 0.4) is 0 Å². The molecule has 0 unspecified atom stereocenters. The summed E-state index contributed by atoms with van der Waals surface area (Å²) in [4.78, 5) is 39.2. The third-order valence-electron chi connectivity index (χ3n) is 4.69. The zero-order valence-electron chi connectivity index (χ0n) is 14.6. The molecular weight excluding hydrogens is 310 g/mol. The van der Waals surface area contributed by atoms with Crippen LogP contribution in [0.25, 0.3) is 0 Å². The van der Waals surface area contributed by atoms with E-state index < -0.39 is 0 Å². The molecule has 0 radical (unpaired) electrons. The van der Waals surface area contributed by atoms with Crippen LogP contribution in [0.1, 0.15) is 51.9 Å². The van der Waals surface area contributed by atoms with E-state index >= 15 is 0 Å². The SMILES string of the molecule is CCOC(=O)N1CCN(C(=O)CC(=O)NC2CCCCCC2)CC1. The normalized spacial score (nSPS) is 19.5. The number of hydrogen-bond donors (Lipinski definition) is 1. The first-order valence-corrected chi connectivity index (χ1v) is 9.09. The molecule has 0 aromatic heterocycles. The average molecular weight is 339 g/mol. The van der Waals surface area contributed by atoms with Gasteiger partial charge in [0, 0.05) is 32.2 Å². The summed E-state index contributed by atoms with van der Waals surface area (Å²) in [5.41, 5.74) is 0. The standard InChI is InChI=1S/C17H29N3O4/c1-2-24-17(23)20-11-9-19(10-12-20)16(22)13-15(21)18-14-7-5-3-4-6-8-14/h14H,2-13H2,1H3,(H,18,21). The molecule has 1 saturated heterocycles. The minimum Gasteiger partial charge on any atom is -0.450 e. The van der Waals surface area contributed by atoms with Crippen LogP contribution >= 0.6 is 0 Å². The van der Waals surface area contributed by atoms with E-state index in [0.29, 0.717) is 32.8 Å². The van der Waals surface area contributed by atoms with Crippen molar-refractivity contribution in [1.29, 1.82) is 0 Å². The van der Waals surface area contributed by atoms with Crippen molar-refractivity contribution in [3.63, 3.8) is 0 Å². The van der Waals surface area contributed by atoms with Crippen molar-refractivity contribution in [3.8, 4) is 0 Å². The average Bonchev–Trinajstić information content (AvgIpc) is 2.83. The number of nitrogens with zero attached hydrogens (tertiary/aromatic N) is 2. The number of amides is 3. The maximum absolute atomic E-state index is 12.3. The largest absolute Gasteiger partial charge is 0.450 e. The summed E-state index contributed by atoms with van der Waals surface area (Å²) in [6.45, 7) is 3.93. The van der Waals surface area contributed by atoms with Crippen LogP contribution in [0, 0.1) is 0 Å². The van der Waals surface area contributed by atoms with Gasteiger partial charge in [-0.05, 0) is 19.8 Å². The van der Waals surface area contributed by atoms with Gasteiger partial charge in [0.05, 0.1) is 6.61 Å². The van der Waals surface area contributed by atoms with Crippen molar-refractivity contribution in [2.24, 2.45) is 0 Å². The molecule has 2 rings (SSSR count). The first kappa shape index (κ1) is 18.5. The lowest BCUT2D eigenvalue weighted by molar-refractivity contribution is -0.137. The molecule has 2 fully saturated rings. The van der Waals surface area contributed by atoms with Crippen molar-refractivity contribution in [1.82, 2.24) is 15.1 Å². The molecule has 3 amide bonds. The smallest absolute Gasteiger partial charge is 0.409 e. The number of ether oxygens (including phenoxy) is 1. The van der Waals surface area contributed by atoms with Crippen molar-refractivity contribution >= 4 is 17.9 Å². The highest BCUT2D eigenvalue weighted by Gasteiger charge is 2.26. The summed E-state index contributed by atoms with van der Waals surface area (Å²) >= 11 is 0. The van der Waals surface area contributed by atoms with Crippen molar-refractivity contribution in [2.75, 3.05) is 32.8 Å². The third-order valence-corrected chi connectivity index (χ3v) is 4.69. The van der Waals surface area contributed by atoms with Crippen molar-refractivity contribution < 1.29 is 19.1 Å². The predicted octanol–water partition coefficient (Wildman–Crippen LogP) is 1.52. The van der Waals surface area contributed by atoms with E-state index in [4.69, 9.17) is 4.74 Å². The predicted molar refractivity (Wildman–Crippen MR) is 89.4 cm³/mol. The summed E-state index contributed by atoms with van der Waals surface area (Å²) in [5, 5.41) is 3.00. The topological polar surface area (TPSA) is 79.0 Å². The Morgan fingerprint density at radius 3 is 2.12 bits per heavy atom. The fourth-order valence-corrected chi connectivity index (χ4v) is 3.30. The molecule has 0 atom stereocenters. The molecule has 1 aliphatic carbocycles. The fourth-order valence-electron chi connectivity index (χ4n) is 3.30. The molecule has 0 aromatic rings. The quantitative estimate of drug-likeness (QED) is 0.622. The minimum absolute atomic E-state index is 0.101. The van der Waals surface area contributed by atoms with Crippen LogP contribution in [0.15, 0.2) is 0 Å². The Hall–Kier alpha value is -1.79. The van der Waals surface area contributed by atoms with Crippen LogP contribution in [0.5, 0.6) is 0 Å². The second-order valence-corrected chi connectivity index (χ2v) is 6.50. The molecule has 1 heterocycles. The number of carbonyl (C=O) groups is 3. The van der Waals surface area contributed by atoms with Crippen LogP contribution in [-0.2, 0) is 14.3 Å². The van der Waals surface area contributed by atoms with Gasteiger partial charge in [-0.3, -0.25) is 9.59 Å². The second kappa shape index (κ2) is 9.49. The molecule has 0 bridgehead atoms. The molecule has 7 nitrogen and oxygen atoms in total. The van der Waals surface area contributed by atoms with Gasteiger partial charge >= 0.3 is 6.09 Å². The summed E-state index contributed by atoms with van der Waals surface area (Å²) < 4.78 is 4.96. The van der Waals surface area contributed by atoms with Crippen molar-refractivity contribution in [2.45, 2.75) is 57.9 Å². The van der Waals surface area contributed by atoms with E-state index in [1.165, 1.54) is 12.8 Å². The van der Waals surface area contributed by atoms with Crippen LogP contribution in [0.2, 0.25) is 0 Å². The Morgan fingerprint density at radius 2 is 1.54 bits per heavy atom. The molecule has 2 aliphatic rings. The third kappa shape index (κ3) is 5.69. The molecule has 136 valence electrons. The Balaban J connectivity index is 1.70. The summed E-state index contributed by atoms with van der Waals surface area (Å²) in [7, 11) is 0. The highest BCUT2D eigenvalue weighted by atomic mass is 16.6. The summed E-state index contributed by atoms with van der Waals surface area (Å²) in [5.74, 6) is -0.343. The molecule has 0 aromatic carbocycles. The lowest BCUT2D eigenvalue weighted by Crippen LogP contribution is -2.51. The van der Waals surface area contributed by atoms with Crippen LogP contribution < -0.4 is 5.32 Å². The summed E-state index contributed by atoms with van der Waals surface area (Å²) in [6, 6.07) is 0.216. The number of carbonyl (C=O) groups excluding carboxylic acids is 3. The molecule has 1 N–H and O–H groups in total. The molecule has 24 heavy (non-hydrogen) atoms. The van der Waals surface area contributed by atoms with E-state index in [1.54, 1.807) is 16.7 Å². The molecule has 1 saturated carbocycles. The van der Waals surface area contributed by atoms with Gasteiger partial charge in [-0.1, -0.05) is 25.7 Å². The Kier molecular flexibility index (Phi) is 7.34. The fraction of sp³-hybridized carbons (Fsp3) is 0.824. The van der Waals surface area contributed by atoms with Gasteiger partial charge in [0.25, 0.3) is 0 Å². The van der Waals surface area contributed by atoms with Gasteiger partial charge < -0.3 is 19.9 Å². The van der Waals surface area contributed by atoms with E-state index in [1.807, 2.05) is 0 Å². The van der Waals surface area contributed by atoms with Crippen LogP contribution in [0.4, 0.5) is 4.79 Å². The maximum atomic E-state index is 12.3. The Bertz CT molecular complexity index is 439. The van der Waals surface area contributed by atoms with E-state index in [-0.39, 0.29) is 30.4 Å². The first-order chi connectivity index (χ1) is 11.6. The van der Waals surface area contributed by atoms with Gasteiger partial charge in [-0.25, -0.2) is 4.79 Å². The first-order valence-electron chi connectivity index (χ1n) is 9.09. The van der Waals surface area contributed by atoms with Gasteiger partial charge in [-0.15, -0.1) is 0 Å². The monoisotopic (exact) mass is 339 g/mol. The minimum atomic E-state index is -0.337. The zero-order chi connectivity index (χ0) is 17.4. The molecule has 7 heteroatoms. The Morgan fingerprint density at radius 1 is 0.958 bits per heavy atom. The van der Waals surface area contributed by atoms with Gasteiger partial charge in [0.2, 0.25) is 11.8 Å². The van der Waals surface area contributed by atoms with E-state index in [2.05, 4.69) is 5.32 Å². The second-order valence-electron chi connectivity index (χ2n) is 6.50. The molecule has 0 spiro atoms. The number of hydrogen-bond acceptors (Lipinski definition) is 4. The zero-order valence-corrected chi connectivity index (χ0v) is 14.6. The van der Waals surface area contributed by atoms with Gasteiger partial charge in [0.1, 0.15) is 6.42 Å². The van der Waals surface area contributed by atoms with E-state index in [0.717, 1.165) is 25.7 Å². The van der Waals surface area contributed by atoms with Gasteiger partial charge in [0.15, 0.2) is 0 Å². The van der Waals surface area contributed by atoms with E-state index in [9.17, 15) is 14.4 Å². The number of nitrogens with one attached hydrogen (secondary N) is 1. The Labute approximate surface area is 143 Å². The van der Waals surface area contributed by atoms with Gasteiger partial charge in [-0.2, -0.15) is 0 Å². The summed E-state index contributed by atoms with van der Waals surface area (Å²) in [6.07, 6.45) is 6.34. The van der Waals surface area contributed by atoms with Crippen LogP contribution in [-0.4, -0.2) is 66.5 Å². The lowest BCUT2D eigenvalue weighted by atomic mass is 10.1. The highest BCUT2D eigenvalue weighted by Crippen LogP contribution is 2.17. The maximum Gasteiger partial charge on any atom is 0.409 e. The number of rotatable bonds is 4. The highest BCUT2D eigenvalue weighted by molar-refractivity contribution is 5.97. The molecular formula is C17H29N3O4. The van der Waals surface area contributed by atoms with Crippen molar-refractivity contribution in [3.05, 3.63) is 0 Å². The molecule has 1 aliphatic heterocycles. The lowest BCUT2D eigenvalue weighted by Gasteiger charge is -2.34. The number of piperazine rings is 1.